The molecule has 3 N–H and O–H groups in total. The second-order valence-electron chi connectivity index (χ2n) is 10.7. The topological polar surface area (TPSA) is 91.3 Å². The van der Waals surface area contributed by atoms with Crippen molar-refractivity contribution in [3.8, 4) is 5.75 Å². The molecule has 7 nitrogen and oxygen atoms in total. The average molecular weight is 572 g/mol. The maximum absolute atomic E-state index is 13.7. The molecule has 1 aliphatic heterocycles. The van der Waals surface area contributed by atoms with Crippen molar-refractivity contribution in [2.45, 2.75) is 71.4 Å². The van der Waals surface area contributed by atoms with Gasteiger partial charge in [0.05, 0.1) is 29.9 Å². The van der Waals surface area contributed by atoms with Gasteiger partial charge >= 0.3 is 0 Å². The highest BCUT2D eigenvalue weighted by Gasteiger charge is 2.57. The summed E-state index contributed by atoms with van der Waals surface area (Å²) >= 11 is 2.22. The molecular weight excluding hydrogens is 535 g/mol. The van der Waals surface area contributed by atoms with Crippen molar-refractivity contribution < 1.29 is 24.6 Å². The molecule has 33 heavy (non-hydrogen) atoms. The number of benzene rings is 1. The first kappa shape index (κ1) is 25.2. The molecule has 0 spiro atoms. The quantitative estimate of drug-likeness (QED) is 0.436. The minimum atomic E-state index is -0.808. The SMILES string of the molecule is COc1c(I)cccc1CN1O[C@@H](CO)C([C@H](C)O)[C@H]1C(=O)N[C@H]1C[C@H]2C[C@@H]([C@@H]1C)C2(C)C. The van der Waals surface area contributed by atoms with Crippen LogP contribution in [0.15, 0.2) is 18.2 Å². The Hall–Kier alpha value is -0.940. The van der Waals surface area contributed by atoms with Gasteiger partial charge < -0.3 is 20.3 Å². The maximum Gasteiger partial charge on any atom is 0.240 e. The molecule has 1 amide bonds. The molecule has 184 valence electrons. The van der Waals surface area contributed by atoms with Gasteiger partial charge in [-0.1, -0.05) is 32.9 Å². The lowest BCUT2D eigenvalue weighted by Crippen LogP contribution is -2.62. The number of nitrogens with one attached hydrogen (secondary N) is 1. The monoisotopic (exact) mass is 572 g/mol. The van der Waals surface area contributed by atoms with E-state index in [9.17, 15) is 15.0 Å². The Balaban J connectivity index is 1.57. The van der Waals surface area contributed by atoms with E-state index in [0.29, 0.717) is 29.7 Å². The highest BCUT2D eigenvalue weighted by molar-refractivity contribution is 14.1. The Labute approximate surface area is 210 Å². The highest BCUT2D eigenvalue weighted by atomic mass is 127. The smallest absolute Gasteiger partial charge is 0.240 e. The van der Waals surface area contributed by atoms with Crippen LogP contribution in [0, 0.1) is 32.7 Å². The summed E-state index contributed by atoms with van der Waals surface area (Å²) in [7, 11) is 1.63. The van der Waals surface area contributed by atoms with Crippen molar-refractivity contribution in [3.63, 3.8) is 0 Å². The lowest BCUT2D eigenvalue weighted by molar-refractivity contribution is -0.183. The van der Waals surface area contributed by atoms with Gasteiger partial charge in [0.1, 0.15) is 17.9 Å². The van der Waals surface area contributed by atoms with Crippen LogP contribution in [-0.2, 0) is 16.2 Å². The number of nitrogens with zero attached hydrogens (tertiary/aromatic N) is 1. The molecule has 1 heterocycles. The number of hydrogen-bond acceptors (Lipinski definition) is 6. The number of carbonyl (C=O) groups is 1. The van der Waals surface area contributed by atoms with Crippen LogP contribution < -0.4 is 10.1 Å². The van der Waals surface area contributed by atoms with Crippen LogP contribution in [0.4, 0.5) is 0 Å². The number of ether oxygens (including phenoxy) is 1. The molecule has 8 heteroatoms. The highest BCUT2D eigenvalue weighted by Crippen LogP contribution is 2.61. The summed E-state index contributed by atoms with van der Waals surface area (Å²) in [5.41, 5.74) is 1.23. The molecule has 1 unspecified atom stereocenters. The Morgan fingerprint density at radius 2 is 2.12 bits per heavy atom. The minimum Gasteiger partial charge on any atom is -0.495 e. The second kappa shape index (κ2) is 9.60. The molecule has 3 aliphatic carbocycles. The van der Waals surface area contributed by atoms with Gasteiger partial charge in [0.25, 0.3) is 0 Å². The largest absolute Gasteiger partial charge is 0.495 e. The zero-order chi connectivity index (χ0) is 24.1. The summed E-state index contributed by atoms with van der Waals surface area (Å²) < 4.78 is 6.56. The standard InChI is InChI=1S/C25H37IN2O5/c1-13-17-9-16(25(17,3)4)10-19(13)27-24(31)22-21(14(2)30)20(12-29)33-28(22)11-15-7-6-8-18(26)23(15)32-5/h6-8,13-14,16-17,19-22,29-30H,9-12H2,1-5H3,(H,27,31)/t13-,14-,16+,17-,19-,20-,21?,22-/m0/s1. The number of hydroxylamine groups is 2. The molecule has 4 aliphatic rings. The Morgan fingerprint density at radius 1 is 1.39 bits per heavy atom. The minimum absolute atomic E-state index is 0.117. The molecular formula is C25H37IN2O5. The van der Waals surface area contributed by atoms with Gasteiger partial charge in [-0.2, -0.15) is 5.06 Å². The van der Waals surface area contributed by atoms with Crippen molar-refractivity contribution >= 4 is 28.5 Å². The summed E-state index contributed by atoms with van der Waals surface area (Å²) in [6, 6.07) is 5.26. The molecule has 8 atom stereocenters. The molecule has 0 radical (unpaired) electrons. The third kappa shape index (κ3) is 4.42. The molecule has 1 saturated heterocycles. The first-order chi connectivity index (χ1) is 15.6. The van der Waals surface area contributed by atoms with Crippen molar-refractivity contribution in [2.24, 2.45) is 29.1 Å². The molecule has 0 aromatic heterocycles. The van der Waals surface area contributed by atoms with Crippen LogP contribution in [-0.4, -0.2) is 59.2 Å². The molecule has 1 aromatic rings. The van der Waals surface area contributed by atoms with Crippen LogP contribution in [0.5, 0.6) is 5.75 Å². The summed E-state index contributed by atoms with van der Waals surface area (Å²) in [5.74, 6) is 1.72. The number of methoxy groups -OCH3 is 1. The van der Waals surface area contributed by atoms with E-state index in [0.717, 1.165) is 21.3 Å². The van der Waals surface area contributed by atoms with Crippen LogP contribution >= 0.6 is 22.6 Å². The fourth-order valence-corrected chi connectivity index (χ4v) is 7.33. The maximum atomic E-state index is 13.7. The van der Waals surface area contributed by atoms with Crippen LogP contribution in [0.1, 0.15) is 46.1 Å². The Bertz CT molecular complexity index is 878. The third-order valence-electron chi connectivity index (χ3n) is 8.64. The van der Waals surface area contributed by atoms with Crippen LogP contribution in [0.25, 0.3) is 0 Å². The number of hydrogen-bond donors (Lipinski definition) is 3. The van der Waals surface area contributed by atoms with Gasteiger partial charge in [-0.05, 0) is 71.6 Å². The number of fused-ring (bicyclic) bond motifs is 2. The second-order valence-corrected chi connectivity index (χ2v) is 11.8. The third-order valence-corrected chi connectivity index (χ3v) is 9.49. The van der Waals surface area contributed by atoms with Crippen molar-refractivity contribution in [3.05, 3.63) is 27.3 Å². The van der Waals surface area contributed by atoms with Crippen molar-refractivity contribution in [1.82, 2.24) is 10.4 Å². The van der Waals surface area contributed by atoms with Crippen molar-refractivity contribution in [2.75, 3.05) is 13.7 Å². The molecule has 1 aromatic carbocycles. The van der Waals surface area contributed by atoms with Crippen molar-refractivity contribution in [1.29, 1.82) is 0 Å². The average Bonchev–Trinajstić information content (AvgIpc) is 3.13. The lowest BCUT2D eigenvalue weighted by Gasteiger charge is -2.62. The Morgan fingerprint density at radius 3 is 2.70 bits per heavy atom. The number of rotatable bonds is 7. The van der Waals surface area contributed by atoms with Gasteiger partial charge in [0, 0.05) is 17.5 Å². The number of carbonyl (C=O) groups excluding carboxylic acids is 1. The summed E-state index contributed by atoms with van der Waals surface area (Å²) in [6.07, 6.45) is 0.772. The Kier molecular flexibility index (Phi) is 7.32. The van der Waals surface area contributed by atoms with Gasteiger partial charge in [-0.15, -0.1) is 0 Å². The molecule has 5 rings (SSSR count). The fourth-order valence-electron chi connectivity index (χ4n) is 6.56. The molecule has 3 saturated carbocycles. The van der Waals surface area contributed by atoms with E-state index in [-0.39, 0.29) is 18.6 Å². The van der Waals surface area contributed by atoms with E-state index < -0.39 is 24.2 Å². The fraction of sp³-hybridized carbons (Fsp3) is 0.720. The molecule has 2 bridgehead atoms. The van der Waals surface area contributed by atoms with Gasteiger partial charge in [-0.25, -0.2) is 0 Å². The predicted molar refractivity (Wildman–Crippen MR) is 133 cm³/mol. The zero-order valence-corrected chi connectivity index (χ0v) is 22.3. The van der Waals surface area contributed by atoms with E-state index in [1.807, 2.05) is 18.2 Å². The number of aliphatic hydroxyl groups excluding tert-OH is 2. The summed E-state index contributed by atoms with van der Waals surface area (Å²) in [6.45, 7) is 8.64. The normalized spacial score (nSPS) is 36.2. The first-order valence-corrected chi connectivity index (χ1v) is 13.0. The van der Waals surface area contributed by atoms with E-state index in [1.54, 1.807) is 19.1 Å². The van der Waals surface area contributed by atoms with Gasteiger partial charge in [0.2, 0.25) is 5.91 Å². The van der Waals surface area contributed by atoms with E-state index in [2.05, 4.69) is 48.7 Å². The summed E-state index contributed by atoms with van der Waals surface area (Å²) in [5, 5.41) is 25.4. The number of aliphatic hydroxyl groups is 2. The van der Waals surface area contributed by atoms with Crippen LogP contribution in [0.3, 0.4) is 0 Å². The summed E-state index contributed by atoms with van der Waals surface area (Å²) in [4.78, 5) is 19.7. The first-order valence-electron chi connectivity index (χ1n) is 11.9. The molecule has 4 fully saturated rings. The van der Waals surface area contributed by atoms with Gasteiger partial charge in [-0.3, -0.25) is 9.63 Å². The van der Waals surface area contributed by atoms with E-state index in [1.165, 1.54) is 6.42 Å². The number of amides is 1. The van der Waals surface area contributed by atoms with Crippen LogP contribution in [0.2, 0.25) is 0 Å². The number of para-hydroxylation sites is 1. The zero-order valence-electron chi connectivity index (χ0n) is 20.1. The van der Waals surface area contributed by atoms with E-state index in [4.69, 9.17) is 9.57 Å². The van der Waals surface area contributed by atoms with E-state index >= 15 is 0 Å². The van der Waals surface area contributed by atoms with Gasteiger partial charge in [0.15, 0.2) is 0 Å². The number of halogens is 1. The lowest BCUT2D eigenvalue weighted by atomic mass is 9.45. The predicted octanol–water partition coefficient (Wildman–Crippen LogP) is 2.96.